The molecule has 38 heavy (non-hydrogen) atoms. The number of thiazole rings is 1. The largest absolute Gasteiger partial charge is 0.340 e. The lowest BCUT2D eigenvalue weighted by Gasteiger charge is -2.39. The molecule has 2 aromatic carbocycles. The molecule has 2 N–H and O–H groups in total. The van der Waals surface area contributed by atoms with Crippen molar-refractivity contribution in [2.75, 3.05) is 36.8 Å². The summed E-state index contributed by atoms with van der Waals surface area (Å²) in [6.07, 6.45) is 3.44. The SMILES string of the molecule is CCN1CCN(C(=O)Nc2cc3c(Nc4ccc5ncsc5c4)ncnc3cc2-c2ccn(C)n2)[C@H](C)C1. The molecule has 1 atom stereocenters. The lowest BCUT2D eigenvalue weighted by Crippen LogP contribution is -2.54. The number of carbonyl (C=O) groups excluding carboxylic acids is 1. The van der Waals surface area contributed by atoms with Gasteiger partial charge in [0.1, 0.15) is 12.1 Å². The van der Waals surface area contributed by atoms with Crippen molar-refractivity contribution < 1.29 is 4.79 Å². The Kier molecular flexibility index (Phi) is 6.38. The molecular weight excluding hydrogens is 498 g/mol. The Morgan fingerprint density at radius 3 is 2.79 bits per heavy atom. The Morgan fingerprint density at radius 1 is 1.11 bits per heavy atom. The highest BCUT2D eigenvalue weighted by Gasteiger charge is 2.27. The number of carbonyl (C=O) groups is 1. The number of nitrogens with one attached hydrogen (secondary N) is 2. The van der Waals surface area contributed by atoms with Gasteiger partial charge in [0.2, 0.25) is 0 Å². The molecule has 0 spiro atoms. The van der Waals surface area contributed by atoms with Gasteiger partial charge in [-0.2, -0.15) is 5.10 Å². The normalized spacial score (nSPS) is 16.3. The van der Waals surface area contributed by atoms with Crippen LogP contribution in [-0.4, -0.2) is 72.8 Å². The van der Waals surface area contributed by atoms with Gasteiger partial charge in [-0.15, -0.1) is 11.3 Å². The number of benzene rings is 2. The standard InChI is InChI=1S/C27H29N9OS/c1-4-35-9-10-36(17(2)14-35)27(37)32-24-13-20-23(12-19(24)21-7-8-34(3)33-21)28-15-29-26(20)31-18-5-6-22-25(11-18)38-16-30-22/h5-8,11-13,15-17H,4,9-10,14H2,1-3H3,(H,32,37)(H,28,29,31)/t17-/m1/s1. The molecule has 1 fully saturated rings. The van der Waals surface area contributed by atoms with E-state index in [1.54, 1.807) is 22.3 Å². The Balaban J connectivity index is 1.38. The van der Waals surface area contributed by atoms with E-state index in [0.29, 0.717) is 18.1 Å². The van der Waals surface area contributed by atoms with Crippen LogP contribution in [0, 0.1) is 0 Å². The molecule has 10 nitrogen and oxygen atoms in total. The number of rotatable bonds is 5. The first-order chi connectivity index (χ1) is 18.5. The predicted molar refractivity (Wildman–Crippen MR) is 152 cm³/mol. The first kappa shape index (κ1) is 24.3. The first-order valence-electron chi connectivity index (χ1n) is 12.7. The average Bonchev–Trinajstić information content (AvgIpc) is 3.57. The number of piperazine rings is 1. The lowest BCUT2D eigenvalue weighted by molar-refractivity contribution is 0.112. The van der Waals surface area contributed by atoms with Crippen molar-refractivity contribution >= 4 is 55.7 Å². The summed E-state index contributed by atoms with van der Waals surface area (Å²) >= 11 is 1.59. The van der Waals surface area contributed by atoms with Gasteiger partial charge < -0.3 is 15.5 Å². The minimum absolute atomic E-state index is 0.115. The number of likely N-dealkylation sites (N-methyl/N-ethyl adjacent to an activating group) is 1. The number of hydrogen-bond acceptors (Lipinski definition) is 8. The molecule has 4 heterocycles. The van der Waals surface area contributed by atoms with Gasteiger partial charge in [0.15, 0.2) is 0 Å². The highest BCUT2D eigenvalue weighted by atomic mass is 32.1. The maximum atomic E-state index is 13.5. The molecule has 2 amide bonds. The van der Waals surface area contributed by atoms with Crippen LogP contribution >= 0.6 is 11.3 Å². The Bertz CT molecular complexity index is 1630. The Labute approximate surface area is 224 Å². The number of fused-ring (bicyclic) bond motifs is 2. The Morgan fingerprint density at radius 2 is 2.00 bits per heavy atom. The zero-order chi connectivity index (χ0) is 26.2. The Hall–Kier alpha value is -4.09. The molecule has 0 aliphatic carbocycles. The molecule has 0 radical (unpaired) electrons. The molecule has 11 heteroatoms. The summed E-state index contributed by atoms with van der Waals surface area (Å²) in [4.78, 5) is 31.2. The summed E-state index contributed by atoms with van der Waals surface area (Å²) in [6, 6.07) is 11.9. The zero-order valence-electron chi connectivity index (χ0n) is 21.5. The van der Waals surface area contributed by atoms with Gasteiger partial charge in [0, 0.05) is 55.6 Å². The zero-order valence-corrected chi connectivity index (χ0v) is 22.4. The van der Waals surface area contributed by atoms with E-state index in [1.165, 1.54) is 0 Å². The molecule has 3 aromatic heterocycles. The van der Waals surface area contributed by atoms with Gasteiger partial charge in [-0.1, -0.05) is 6.92 Å². The smallest absolute Gasteiger partial charge is 0.322 e. The summed E-state index contributed by atoms with van der Waals surface area (Å²) in [7, 11) is 1.88. The minimum Gasteiger partial charge on any atom is -0.340 e. The molecule has 1 aliphatic rings. The quantitative estimate of drug-likeness (QED) is 0.334. The number of amides is 2. The number of anilines is 3. The van der Waals surface area contributed by atoms with Crippen LogP contribution in [-0.2, 0) is 7.05 Å². The summed E-state index contributed by atoms with van der Waals surface area (Å²) in [5, 5.41) is 12.0. The van der Waals surface area contributed by atoms with Gasteiger partial charge in [-0.3, -0.25) is 9.58 Å². The van der Waals surface area contributed by atoms with Gasteiger partial charge in [0.05, 0.1) is 32.6 Å². The van der Waals surface area contributed by atoms with Crippen LogP contribution in [0.3, 0.4) is 0 Å². The topological polar surface area (TPSA) is 104 Å². The van der Waals surface area contributed by atoms with E-state index in [4.69, 9.17) is 0 Å². The number of hydrogen-bond donors (Lipinski definition) is 2. The second-order valence-corrected chi connectivity index (χ2v) is 10.4. The van der Waals surface area contributed by atoms with E-state index in [0.717, 1.165) is 57.7 Å². The molecule has 0 unspecified atom stereocenters. The third kappa shape index (κ3) is 4.66. The number of urea groups is 1. The van der Waals surface area contributed by atoms with E-state index in [-0.39, 0.29) is 12.1 Å². The van der Waals surface area contributed by atoms with Crippen LogP contribution in [0.5, 0.6) is 0 Å². The average molecular weight is 528 g/mol. The number of aryl methyl sites for hydroxylation is 1. The van der Waals surface area contributed by atoms with Crippen molar-refractivity contribution in [3.63, 3.8) is 0 Å². The van der Waals surface area contributed by atoms with Crippen molar-refractivity contribution in [2.45, 2.75) is 19.9 Å². The molecule has 1 saturated heterocycles. The van der Waals surface area contributed by atoms with Gasteiger partial charge in [0.25, 0.3) is 0 Å². The van der Waals surface area contributed by atoms with Crippen molar-refractivity contribution in [1.29, 1.82) is 0 Å². The third-order valence-corrected chi connectivity index (χ3v) is 7.81. The van der Waals surface area contributed by atoms with E-state index in [9.17, 15) is 4.79 Å². The summed E-state index contributed by atoms with van der Waals surface area (Å²) in [6.45, 7) is 7.65. The minimum atomic E-state index is -0.119. The third-order valence-electron chi connectivity index (χ3n) is 7.02. The lowest BCUT2D eigenvalue weighted by atomic mass is 10.1. The fourth-order valence-corrected chi connectivity index (χ4v) is 5.67. The molecule has 5 aromatic rings. The van der Waals surface area contributed by atoms with E-state index in [2.05, 4.69) is 55.5 Å². The van der Waals surface area contributed by atoms with Crippen molar-refractivity contribution in [2.24, 2.45) is 7.05 Å². The van der Waals surface area contributed by atoms with Crippen LogP contribution in [0.4, 0.5) is 22.0 Å². The predicted octanol–water partition coefficient (Wildman–Crippen LogP) is 4.94. The maximum absolute atomic E-state index is 13.5. The molecule has 1 aliphatic heterocycles. The second kappa shape index (κ2) is 9.99. The van der Waals surface area contributed by atoms with Crippen molar-refractivity contribution in [1.82, 2.24) is 34.5 Å². The summed E-state index contributed by atoms with van der Waals surface area (Å²) in [5.74, 6) is 0.659. The van der Waals surface area contributed by atoms with E-state index < -0.39 is 0 Å². The van der Waals surface area contributed by atoms with Crippen LogP contribution in [0.15, 0.2) is 54.4 Å². The molecule has 6 rings (SSSR count). The fourth-order valence-electron chi connectivity index (χ4n) is 4.96. The first-order valence-corrected chi connectivity index (χ1v) is 13.6. The van der Waals surface area contributed by atoms with Crippen LogP contribution in [0.2, 0.25) is 0 Å². The second-order valence-electron chi connectivity index (χ2n) is 9.54. The number of aromatic nitrogens is 5. The highest BCUT2D eigenvalue weighted by Crippen LogP contribution is 2.35. The summed E-state index contributed by atoms with van der Waals surface area (Å²) in [5.41, 5.74) is 6.70. The van der Waals surface area contributed by atoms with Crippen LogP contribution in [0.1, 0.15) is 13.8 Å². The molecule has 194 valence electrons. The molecule has 0 saturated carbocycles. The van der Waals surface area contributed by atoms with Gasteiger partial charge >= 0.3 is 6.03 Å². The monoisotopic (exact) mass is 527 g/mol. The molecule has 0 bridgehead atoms. The highest BCUT2D eigenvalue weighted by molar-refractivity contribution is 7.16. The van der Waals surface area contributed by atoms with Crippen molar-refractivity contribution in [3.8, 4) is 11.3 Å². The van der Waals surface area contributed by atoms with Crippen molar-refractivity contribution in [3.05, 3.63) is 54.4 Å². The van der Waals surface area contributed by atoms with E-state index in [1.807, 2.05) is 54.0 Å². The fraction of sp³-hybridized carbons (Fsp3) is 0.296. The van der Waals surface area contributed by atoms with Gasteiger partial charge in [-0.25, -0.2) is 19.7 Å². The van der Waals surface area contributed by atoms with Crippen LogP contribution in [0.25, 0.3) is 32.4 Å². The maximum Gasteiger partial charge on any atom is 0.322 e. The number of nitrogens with zero attached hydrogens (tertiary/aromatic N) is 7. The van der Waals surface area contributed by atoms with Crippen LogP contribution < -0.4 is 10.6 Å². The van der Waals surface area contributed by atoms with E-state index >= 15 is 0 Å². The van der Waals surface area contributed by atoms with Gasteiger partial charge in [-0.05, 0) is 49.9 Å². The molecular formula is C27H29N9OS. The summed E-state index contributed by atoms with van der Waals surface area (Å²) < 4.78 is 2.84.